The van der Waals surface area contributed by atoms with Crippen molar-refractivity contribution in [1.82, 2.24) is 5.32 Å². The molecule has 0 aliphatic heterocycles. The van der Waals surface area contributed by atoms with Gasteiger partial charge in [-0.1, -0.05) is 191 Å². The Morgan fingerprint density at radius 2 is 0.931 bits per heavy atom. The van der Waals surface area contributed by atoms with Gasteiger partial charge in [-0.2, -0.15) is 0 Å². The topological polar surface area (TPSA) is 95.9 Å². The molecule has 1 amide bonds. The summed E-state index contributed by atoms with van der Waals surface area (Å²) in [5.74, 6) is -0.520. The summed E-state index contributed by atoms with van der Waals surface area (Å²) in [6.07, 6.45) is 55.6. The van der Waals surface area contributed by atoms with E-state index in [1.807, 2.05) is 0 Å². The van der Waals surface area contributed by atoms with Crippen molar-refractivity contribution in [3.05, 3.63) is 60.8 Å². The van der Waals surface area contributed by atoms with Crippen LogP contribution in [0.1, 0.15) is 233 Å². The number of esters is 1. The highest BCUT2D eigenvalue weighted by molar-refractivity contribution is 5.77. The van der Waals surface area contributed by atoms with Gasteiger partial charge in [0, 0.05) is 6.42 Å². The van der Waals surface area contributed by atoms with E-state index >= 15 is 0 Å². The zero-order valence-corrected chi connectivity index (χ0v) is 38.2. The monoisotopic (exact) mass is 812 g/mol. The molecule has 0 rings (SSSR count). The van der Waals surface area contributed by atoms with E-state index < -0.39 is 18.2 Å². The first-order valence-corrected chi connectivity index (χ1v) is 24.5. The number of amides is 1. The average molecular weight is 812 g/mol. The molecule has 0 aliphatic rings. The summed E-state index contributed by atoms with van der Waals surface area (Å²) >= 11 is 0. The van der Waals surface area contributed by atoms with E-state index in [1.165, 1.54) is 89.9 Å². The number of carbonyl (C=O) groups is 2. The highest BCUT2D eigenvalue weighted by Gasteiger charge is 2.24. The predicted molar refractivity (Wildman–Crippen MR) is 250 cm³/mol. The third-order valence-electron chi connectivity index (χ3n) is 10.8. The lowest BCUT2D eigenvalue weighted by Crippen LogP contribution is -2.46. The summed E-state index contributed by atoms with van der Waals surface area (Å²) < 4.78 is 5.90. The summed E-state index contributed by atoms with van der Waals surface area (Å²) in [7, 11) is 0. The Bertz CT molecular complexity index is 1050. The number of nitrogens with one attached hydrogen (secondary N) is 1. The van der Waals surface area contributed by atoms with E-state index in [4.69, 9.17) is 4.74 Å². The lowest BCUT2D eigenvalue weighted by atomic mass is 10.0. The third kappa shape index (κ3) is 40.3. The summed E-state index contributed by atoms with van der Waals surface area (Å²) in [4.78, 5) is 26.1. The van der Waals surface area contributed by atoms with Crippen LogP contribution in [-0.4, -0.2) is 46.9 Å². The normalized spacial score (nSPS) is 13.8. The number of rotatable bonds is 43. The van der Waals surface area contributed by atoms with Crippen LogP contribution in [0.4, 0.5) is 0 Å². The minimum atomic E-state index is -0.795. The van der Waals surface area contributed by atoms with E-state index in [0.717, 1.165) is 96.3 Å². The fourth-order valence-electron chi connectivity index (χ4n) is 7.12. The third-order valence-corrected chi connectivity index (χ3v) is 10.8. The Morgan fingerprint density at radius 3 is 1.45 bits per heavy atom. The number of hydrogen-bond acceptors (Lipinski definition) is 5. The highest BCUT2D eigenvalue weighted by atomic mass is 16.5. The first-order chi connectivity index (χ1) is 28.5. The molecule has 336 valence electrons. The van der Waals surface area contributed by atoms with E-state index in [-0.39, 0.29) is 24.9 Å². The van der Waals surface area contributed by atoms with Crippen LogP contribution in [0.2, 0.25) is 0 Å². The Hall–Kier alpha value is -2.44. The molecule has 0 aliphatic carbocycles. The van der Waals surface area contributed by atoms with E-state index in [1.54, 1.807) is 0 Å². The van der Waals surface area contributed by atoms with Crippen LogP contribution in [0.5, 0.6) is 0 Å². The van der Waals surface area contributed by atoms with Crippen LogP contribution in [0.3, 0.4) is 0 Å². The molecule has 6 nitrogen and oxygen atoms in total. The number of aliphatic hydroxyl groups is 2. The number of hydrogen-bond donors (Lipinski definition) is 3. The second-order valence-corrected chi connectivity index (χ2v) is 16.5. The van der Waals surface area contributed by atoms with Gasteiger partial charge in [-0.25, -0.2) is 0 Å². The second-order valence-electron chi connectivity index (χ2n) is 16.5. The first kappa shape index (κ1) is 55.6. The first-order valence-electron chi connectivity index (χ1n) is 24.5. The molecule has 3 atom stereocenters. The maximum atomic E-state index is 13.2. The van der Waals surface area contributed by atoms with Gasteiger partial charge in [0.15, 0.2) is 0 Å². The maximum Gasteiger partial charge on any atom is 0.306 e. The van der Waals surface area contributed by atoms with Crippen molar-refractivity contribution in [2.24, 2.45) is 0 Å². The van der Waals surface area contributed by atoms with Crippen molar-refractivity contribution in [3.63, 3.8) is 0 Å². The summed E-state index contributed by atoms with van der Waals surface area (Å²) in [5.41, 5.74) is 0. The number of allylic oxidation sites excluding steroid dienone is 10. The molecule has 0 aromatic rings. The van der Waals surface area contributed by atoms with E-state index in [2.05, 4.69) is 86.8 Å². The molecule has 0 spiro atoms. The fourth-order valence-corrected chi connectivity index (χ4v) is 7.12. The number of ether oxygens (including phenoxy) is 1. The molecule has 0 saturated carbocycles. The van der Waals surface area contributed by atoms with Gasteiger partial charge in [0.1, 0.15) is 6.10 Å². The Kier molecular flexibility index (Phi) is 43.7. The van der Waals surface area contributed by atoms with Crippen molar-refractivity contribution in [3.8, 4) is 0 Å². The lowest BCUT2D eigenvalue weighted by Gasteiger charge is -2.24. The molecule has 0 aromatic heterocycles. The summed E-state index contributed by atoms with van der Waals surface area (Å²) in [5, 5.41) is 23.7. The minimum absolute atomic E-state index is 0.0576. The predicted octanol–water partition coefficient (Wildman–Crippen LogP) is 14.5. The van der Waals surface area contributed by atoms with Gasteiger partial charge in [-0.15, -0.1) is 0 Å². The zero-order chi connectivity index (χ0) is 42.4. The maximum absolute atomic E-state index is 13.2. The van der Waals surface area contributed by atoms with Gasteiger partial charge in [-0.3, -0.25) is 9.59 Å². The number of unbranched alkanes of at least 4 members (excludes halogenated alkanes) is 21. The van der Waals surface area contributed by atoms with Gasteiger partial charge >= 0.3 is 5.97 Å². The Morgan fingerprint density at radius 1 is 0.517 bits per heavy atom. The van der Waals surface area contributed by atoms with Crippen LogP contribution in [0.15, 0.2) is 60.8 Å². The molecule has 0 aromatic carbocycles. The fraction of sp³-hybridized carbons (Fsp3) is 0.769. The molecular formula is C52H93NO5. The van der Waals surface area contributed by atoms with Crippen molar-refractivity contribution >= 4 is 11.9 Å². The van der Waals surface area contributed by atoms with Gasteiger partial charge in [-0.05, 0) is 89.9 Å². The highest BCUT2D eigenvalue weighted by Crippen LogP contribution is 2.17. The molecule has 6 heteroatoms. The average Bonchev–Trinajstić information content (AvgIpc) is 3.22. The Balaban J connectivity index is 4.66. The Labute approximate surface area is 358 Å². The molecule has 0 saturated heterocycles. The van der Waals surface area contributed by atoms with Gasteiger partial charge < -0.3 is 20.3 Å². The molecule has 0 heterocycles. The smallest absolute Gasteiger partial charge is 0.306 e. The van der Waals surface area contributed by atoms with Crippen molar-refractivity contribution in [2.45, 2.75) is 251 Å². The minimum Gasteiger partial charge on any atom is -0.462 e. The molecule has 3 unspecified atom stereocenters. The van der Waals surface area contributed by atoms with Crippen LogP contribution in [0, 0.1) is 0 Å². The molecule has 3 N–H and O–H groups in total. The van der Waals surface area contributed by atoms with Gasteiger partial charge in [0.2, 0.25) is 5.91 Å². The SMILES string of the molecule is CC/C=C/C/C=C/C/C=C/C/C=C/CCCCCC(=O)OC(CCCCCCC/C=C\CCCCCC)CC(=O)NC(CO)C(O)CCCCCCCCCCCC. The standard InChI is InChI=1S/C52H93NO5/c1-4-7-10-13-16-19-22-24-25-26-28-30-33-36-39-42-45-52(57)58-48(43-40-37-34-31-29-27-23-20-17-14-11-8-5-2)46-51(56)53-49(47-54)50(55)44-41-38-35-32-21-18-15-12-9-6-3/h7,10,16,19-20,23-25,28,30,48-50,54-55H,4-6,8-9,11-15,17-18,21-22,26-27,29,31-47H2,1-3H3,(H,53,56)/b10-7+,19-16+,23-20-,25-24+,30-28+. The number of carbonyl (C=O) groups excluding carboxylic acids is 2. The largest absolute Gasteiger partial charge is 0.462 e. The van der Waals surface area contributed by atoms with Gasteiger partial charge in [0.05, 0.1) is 25.2 Å². The second kappa shape index (κ2) is 45.6. The quantitative estimate of drug-likeness (QED) is 0.0324. The molecule has 0 fully saturated rings. The molecule has 58 heavy (non-hydrogen) atoms. The molecule has 0 radical (unpaired) electrons. The molecule has 0 bridgehead atoms. The molecular weight excluding hydrogens is 719 g/mol. The van der Waals surface area contributed by atoms with Crippen molar-refractivity contribution in [1.29, 1.82) is 0 Å². The lowest BCUT2D eigenvalue weighted by molar-refractivity contribution is -0.151. The van der Waals surface area contributed by atoms with Crippen LogP contribution in [0.25, 0.3) is 0 Å². The van der Waals surface area contributed by atoms with Gasteiger partial charge in [0.25, 0.3) is 0 Å². The van der Waals surface area contributed by atoms with E-state index in [0.29, 0.717) is 19.3 Å². The van der Waals surface area contributed by atoms with E-state index in [9.17, 15) is 19.8 Å². The van der Waals surface area contributed by atoms with Crippen LogP contribution < -0.4 is 5.32 Å². The van der Waals surface area contributed by atoms with Crippen LogP contribution >= 0.6 is 0 Å². The summed E-state index contributed by atoms with van der Waals surface area (Å²) in [6.45, 7) is 6.33. The van der Waals surface area contributed by atoms with Crippen molar-refractivity contribution < 1.29 is 24.5 Å². The van der Waals surface area contributed by atoms with Crippen LogP contribution in [-0.2, 0) is 14.3 Å². The number of aliphatic hydroxyl groups excluding tert-OH is 2. The summed E-state index contributed by atoms with van der Waals surface area (Å²) in [6, 6.07) is -0.710. The van der Waals surface area contributed by atoms with Crippen molar-refractivity contribution in [2.75, 3.05) is 6.61 Å². The zero-order valence-electron chi connectivity index (χ0n) is 38.2.